The number of hydrogen-bond acceptors (Lipinski definition) is 3. The van der Waals surface area contributed by atoms with Crippen molar-refractivity contribution in [2.75, 3.05) is 12.3 Å². The van der Waals surface area contributed by atoms with Crippen molar-refractivity contribution in [3.05, 3.63) is 42.2 Å². The molecule has 2 aromatic rings. The van der Waals surface area contributed by atoms with E-state index in [9.17, 15) is 4.79 Å². The number of rotatable bonds is 6. The lowest BCUT2D eigenvalue weighted by Crippen LogP contribution is -2.25. The summed E-state index contributed by atoms with van der Waals surface area (Å²) in [5, 5.41) is 7.17. The molecule has 0 spiro atoms. The van der Waals surface area contributed by atoms with Crippen molar-refractivity contribution < 1.29 is 4.79 Å². The average Bonchev–Trinajstić information content (AvgIpc) is 2.93. The number of amides is 1. The van der Waals surface area contributed by atoms with Crippen LogP contribution in [0.5, 0.6) is 0 Å². The second-order valence-electron chi connectivity index (χ2n) is 5.50. The van der Waals surface area contributed by atoms with Gasteiger partial charge < -0.3 is 11.1 Å². The summed E-state index contributed by atoms with van der Waals surface area (Å²) < 4.78 is 1.62. The Bertz CT molecular complexity index is 604. The maximum Gasteiger partial charge on any atom is 0.271 e. The second-order valence-corrected chi connectivity index (χ2v) is 5.50. The van der Waals surface area contributed by atoms with E-state index in [0.29, 0.717) is 23.8 Å². The van der Waals surface area contributed by atoms with E-state index in [1.165, 1.54) is 0 Å². The molecule has 21 heavy (non-hydrogen) atoms. The van der Waals surface area contributed by atoms with E-state index in [2.05, 4.69) is 24.3 Å². The van der Waals surface area contributed by atoms with Gasteiger partial charge in [0.1, 0.15) is 0 Å². The quantitative estimate of drug-likeness (QED) is 0.633. The SMILES string of the molecule is CC(C)CCCNC(=O)c1ccn(-c2ccccc2N)n1. The zero-order valence-electron chi connectivity index (χ0n) is 12.5. The summed E-state index contributed by atoms with van der Waals surface area (Å²) >= 11 is 0. The van der Waals surface area contributed by atoms with Gasteiger partial charge in [-0.25, -0.2) is 4.68 Å². The fourth-order valence-electron chi connectivity index (χ4n) is 2.08. The van der Waals surface area contributed by atoms with Crippen LogP contribution in [0.4, 0.5) is 5.69 Å². The molecule has 0 aliphatic rings. The zero-order chi connectivity index (χ0) is 15.2. The van der Waals surface area contributed by atoms with Gasteiger partial charge in [-0.3, -0.25) is 4.79 Å². The van der Waals surface area contributed by atoms with Gasteiger partial charge in [0.2, 0.25) is 0 Å². The fourth-order valence-corrected chi connectivity index (χ4v) is 2.08. The molecule has 0 bridgehead atoms. The average molecular weight is 286 g/mol. The molecule has 0 aliphatic carbocycles. The van der Waals surface area contributed by atoms with Gasteiger partial charge in [-0.2, -0.15) is 5.10 Å². The van der Waals surface area contributed by atoms with Crippen LogP contribution in [0.3, 0.4) is 0 Å². The van der Waals surface area contributed by atoms with E-state index in [-0.39, 0.29) is 5.91 Å². The molecule has 112 valence electrons. The molecule has 5 nitrogen and oxygen atoms in total. The topological polar surface area (TPSA) is 72.9 Å². The molecule has 0 aliphatic heterocycles. The number of benzene rings is 1. The Labute approximate surface area is 125 Å². The van der Waals surface area contributed by atoms with Crippen LogP contribution in [0.15, 0.2) is 36.5 Å². The van der Waals surface area contributed by atoms with Crippen molar-refractivity contribution in [3.8, 4) is 5.69 Å². The molecule has 1 amide bonds. The number of aromatic nitrogens is 2. The Morgan fingerprint density at radius 2 is 2.10 bits per heavy atom. The zero-order valence-corrected chi connectivity index (χ0v) is 12.5. The fraction of sp³-hybridized carbons (Fsp3) is 0.375. The van der Waals surface area contributed by atoms with E-state index in [0.717, 1.165) is 18.5 Å². The number of carbonyl (C=O) groups is 1. The predicted octanol–water partition coefficient (Wildman–Crippen LogP) is 2.62. The maximum atomic E-state index is 12.0. The number of nitrogens with one attached hydrogen (secondary N) is 1. The molecule has 0 unspecified atom stereocenters. The van der Waals surface area contributed by atoms with Gasteiger partial charge in [-0.15, -0.1) is 0 Å². The Balaban J connectivity index is 1.97. The molecule has 0 saturated carbocycles. The van der Waals surface area contributed by atoms with Gasteiger partial charge in [0.05, 0.1) is 11.4 Å². The second kappa shape index (κ2) is 6.92. The predicted molar refractivity (Wildman–Crippen MR) is 84.4 cm³/mol. The Kier molecular flexibility index (Phi) is 4.98. The highest BCUT2D eigenvalue weighted by atomic mass is 16.1. The summed E-state index contributed by atoms with van der Waals surface area (Å²) in [4.78, 5) is 12.0. The van der Waals surface area contributed by atoms with E-state index in [4.69, 9.17) is 5.73 Å². The van der Waals surface area contributed by atoms with Crippen LogP contribution >= 0.6 is 0 Å². The van der Waals surface area contributed by atoms with E-state index in [1.807, 2.05) is 24.3 Å². The molecule has 0 fully saturated rings. The van der Waals surface area contributed by atoms with Crippen LogP contribution in [0.1, 0.15) is 37.2 Å². The van der Waals surface area contributed by atoms with Crippen LogP contribution in [0, 0.1) is 5.92 Å². The normalized spacial score (nSPS) is 10.8. The lowest BCUT2D eigenvalue weighted by Gasteiger charge is -2.06. The smallest absolute Gasteiger partial charge is 0.271 e. The maximum absolute atomic E-state index is 12.0. The summed E-state index contributed by atoms with van der Waals surface area (Å²) in [6.07, 6.45) is 3.83. The van der Waals surface area contributed by atoms with E-state index >= 15 is 0 Å². The molecule has 0 saturated heterocycles. The van der Waals surface area contributed by atoms with Crippen molar-refractivity contribution in [1.82, 2.24) is 15.1 Å². The molecule has 0 atom stereocenters. The standard InChI is InChI=1S/C16H22N4O/c1-12(2)6-5-10-18-16(21)14-9-11-20(19-14)15-8-4-3-7-13(15)17/h3-4,7-9,11-12H,5-6,10,17H2,1-2H3,(H,18,21). The van der Waals surface area contributed by atoms with E-state index < -0.39 is 0 Å². The number of carbonyl (C=O) groups excluding carboxylic acids is 1. The van der Waals surface area contributed by atoms with Crippen LogP contribution in [-0.4, -0.2) is 22.2 Å². The monoisotopic (exact) mass is 286 g/mol. The van der Waals surface area contributed by atoms with E-state index in [1.54, 1.807) is 16.9 Å². The van der Waals surface area contributed by atoms with Gasteiger partial charge in [0, 0.05) is 12.7 Å². The lowest BCUT2D eigenvalue weighted by molar-refractivity contribution is 0.0947. The Morgan fingerprint density at radius 3 is 2.81 bits per heavy atom. The third-order valence-corrected chi connectivity index (χ3v) is 3.25. The number of nitrogens with two attached hydrogens (primary N) is 1. The molecule has 1 aromatic heterocycles. The molecule has 1 heterocycles. The van der Waals surface area contributed by atoms with Crippen molar-refractivity contribution in [2.45, 2.75) is 26.7 Å². The highest BCUT2D eigenvalue weighted by molar-refractivity contribution is 5.92. The van der Waals surface area contributed by atoms with Crippen molar-refractivity contribution in [3.63, 3.8) is 0 Å². The van der Waals surface area contributed by atoms with Crippen LogP contribution in [0.2, 0.25) is 0 Å². The Hall–Kier alpha value is -2.30. The van der Waals surface area contributed by atoms with Crippen molar-refractivity contribution in [1.29, 1.82) is 0 Å². The van der Waals surface area contributed by atoms with Crippen LogP contribution < -0.4 is 11.1 Å². The molecular weight excluding hydrogens is 264 g/mol. The minimum Gasteiger partial charge on any atom is -0.397 e. The molecule has 5 heteroatoms. The first-order chi connectivity index (χ1) is 10.1. The molecule has 3 N–H and O–H groups in total. The van der Waals surface area contributed by atoms with Crippen LogP contribution in [-0.2, 0) is 0 Å². The summed E-state index contributed by atoms with van der Waals surface area (Å²) in [6.45, 7) is 5.03. The third kappa shape index (κ3) is 4.08. The van der Waals surface area contributed by atoms with Crippen LogP contribution in [0.25, 0.3) is 5.69 Å². The molecule has 1 aromatic carbocycles. The highest BCUT2D eigenvalue weighted by Gasteiger charge is 2.10. The summed E-state index contributed by atoms with van der Waals surface area (Å²) in [7, 11) is 0. The van der Waals surface area contributed by atoms with Gasteiger partial charge in [-0.1, -0.05) is 26.0 Å². The van der Waals surface area contributed by atoms with Gasteiger partial charge >= 0.3 is 0 Å². The minimum atomic E-state index is -0.146. The lowest BCUT2D eigenvalue weighted by atomic mass is 10.1. The molecule has 0 radical (unpaired) electrons. The number of hydrogen-bond donors (Lipinski definition) is 2. The highest BCUT2D eigenvalue weighted by Crippen LogP contribution is 2.15. The minimum absolute atomic E-state index is 0.146. The summed E-state index contributed by atoms with van der Waals surface area (Å²) in [6, 6.07) is 9.13. The summed E-state index contributed by atoms with van der Waals surface area (Å²) in [5.41, 5.74) is 7.71. The number of nitrogen functional groups attached to an aromatic ring is 1. The van der Waals surface area contributed by atoms with Gasteiger partial charge in [-0.05, 0) is 37.0 Å². The molecular formula is C16H22N4O. The number of anilines is 1. The first-order valence-electron chi connectivity index (χ1n) is 7.26. The first-order valence-corrected chi connectivity index (χ1v) is 7.26. The summed E-state index contributed by atoms with van der Waals surface area (Å²) in [5.74, 6) is 0.508. The van der Waals surface area contributed by atoms with Crippen molar-refractivity contribution >= 4 is 11.6 Å². The first kappa shape index (κ1) is 15.1. The van der Waals surface area contributed by atoms with Gasteiger partial charge in [0.15, 0.2) is 5.69 Å². The molecule has 2 rings (SSSR count). The third-order valence-electron chi connectivity index (χ3n) is 3.25. The van der Waals surface area contributed by atoms with Gasteiger partial charge in [0.25, 0.3) is 5.91 Å². The number of nitrogens with zero attached hydrogens (tertiary/aromatic N) is 2. The number of para-hydroxylation sites is 2. The Morgan fingerprint density at radius 1 is 1.33 bits per heavy atom. The van der Waals surface area contributed by atoms with Crippen molar-refractivity contribution in [2.24, 2.45) is 5.92 Å². The largest absolute Gasteiger partial charge is 0.397 e.